The summed E-state index contributed by atoms with van der Waals surface area (Å²) in [5, 5.41) is 7.69. The van der Waals surface area contributed by atoms with Gasteiger partial charge in [0.25, 0.3) is 0 Å². The lowest BCUT2D eigenvalue weighted by Gasteiger charge is -2.32. The second-order valence-corrected chi connectivity index (χ2v) is 7.05. The van der Waals surface area contributed by atoms with Crippen molar-refractivity contribution in [3.63, 3.8) is 0 Å². The molecule has 4 rings (SSSR count). The highest BCUT2D eigenvalue weighted by molar-refractivity contribution is 5.58. The minimum absolute atomic E-state index is 0.686. The smallest absolute Gasteiger partial charge is 0.108 e. The lowest BCUT2D eigenvalue weighted by atomic mass is 9.94. The number of likely N-dealkylation sites (tertiary alicyclic amines) is 1. The molecule has 1 saturated heterocycles. The van der Waals surface area contributed by atoms with E-state index in [9.17, 15) is 0 Å². The van der Waals surface area contributed by atoms with Crippen molar-refractivity contribution in [1.82, 2.24) is 24.6 Å². The van der Waals surface area contributed by atoms with Gasteiger partial charge in [-0.25, -0.2) is 4.98 Å². The molecule has 25 heavy (non-hydrogen) atoms. The number of imidazole rings is 1. The fraction of sp³-hybridized carbons (Fsp3) is 0.400. The van der Waals surface area contributed by atoms with Crippen molar-refractivity contribution >= 4 is 0 Å². The molecule has 3 heterocycles. The van der Waals surface area contributed by atoms with Crippen LogP contribution >= 0.6 is 0 Å². The van der Waals surface area contributed by atoms with Crippen molar-refractivity contribution in [3.8, 4) is 11.3 Å². The number of rotatable bonds is 5. The number of H-pyrrole nitrogens is 1. The minimum Gasteiger partial charge on any atom is -0.338 e. The van der Waals surface area contributed by atoms with Crippen molar-refractivity contribution in [2.45, 2.75) is 25.8 Å². The number of hydrogen-bond donors (Lipinski definition) is 1. The molecule has 0 spiro atoms. The van der Waals surface area contributed by atoms with E-state index in [2.05, 4.69) is 62.0 Å². The first kappa shape index (κ1) is 16.1. The van der Waals surface area contributed by atoms with Crippen LogP contribution in [0.4, 0.5) is 0 Å². The number of nitrogens with one attached hydrogen (secondary N) is 1. The predicted molar refractivity (Wildman–Crippen MR) is 98.9 cm³/mol. The molecule has 3 aromatic rings. The monoisotopic (exact) mass is 335 g/mol. The standard InChI is InChI=1S/C20H25N5/c1-24-11-9-21-20(24)12-16-6-5-10-25(14-16)15-18-13-19(23-22-18)17-7-3-2-4-8-17/h2-4,7-9,11,13,16H,5-6,10,12,14-15H2,1H3,(H,22,23). The zero-order valence-corrected chi connectivity index (χ0v) is 14.7. The molecular weight excluding hydrogens is 310 g/mol. The number of aromatic amines is 1. The summed E-state index contributed by atoms with van der Waals surface area (Å²) in [5.41, 5.74) is 3.38. The van der Waals surface area contributed by atoms with Gasteiger partial charge in [-0.15, -0.1) is 0 Å². The van der Waals surface area contributed by atoms with Gasteiger partial charge in [-0.3, -0.25) is 10.00 Å². The Morgan fingerprint density at radius 2 is 2.12 bits per heavy atom. The second kappa shape index (κ2) is 7.23. The average Bonchev–Trinajstić information content (AvgIpc) is 3.26. The Morgan fingerprint density at radius 1 is 1.24 bits per heavy atom. The fourth-order valence-corrected chi connectivity index (χ4v) is 3.75. The normalized spacial score (nSPS) is 18.5. The number of hydrogen-bond acceptors (Lipinski definition) is 3. The van der Waals surface area contributed by atoms with E-state index >= 15 is 0 Å². The molecule has 130 valence electrons. The Labute approximate surface area is 148 Å². The predicted octanol–water partition coefficient (Wildman–Crippen LogP) is 3.26. The summed E-state index contributed by atoms with van der Waals surface area (Å²) in [6.07, 6.45) is 7.55. The number of benzene rings is 1. The summed E-state index contributed by atoms with van der Waals surface area (Å²) in [6.45, 7) is 3.24. The van der Waals surface area contributed by atoms with Crippen LogP contribution in [-0.2, 0) is 20.0 Å². The second-order valence-electron chi connectivity index (χ2n) is 7.05. The molecule has 5 nitrogen and oxygen atoms in total. The van der Waals surface area contributed by atoms with Crippen LogP contribution in [0.5, 0.6) is 0 Å². The Hall–Kier alpha value is -2.40. The Bertz CT molecular complexity index is 804. The van der Waals surface area contributed by atoms with Gasteiger partial charge >= 0.3 is 0 Å². The molecule has 1 unspecified atom stereocenters. The Balaban J connectivity index is 1.38. The Kier molecular flexibility index (Phi) is 4.65. The minimum atomic E-state index is 0.686. The maximum absolute atomic E-state index is 4.48. The fourth-order valence-electron chi connectivity index (χ4n) is 3.75. The van der Waals surface area contributed by atoms with Gasteiger partial charge < -0.3 is 4.57 Å². The van der Waals surface area contributed by atoms with E-state index in [0.717, 1.165) is 37.3 Å². The van der Waals surface area contributed by atoms with Crippen LogP contribution < -0.4 is 0 Å². The van der Waals surface area contributed by atoms with Gasteiger partial charge in [0.15, 0.2) is 0 Å². The van der Waals surface area contributed by atoms with Gasteiger partial charge in [0.1, 0.15) is 5.82 Å². The van der Waals surface area contributed by atoms with Crippen LogP contribution in [-0.4, -0.2) is 37.7 Å². The number of aromatic nitrogens is 4. The van der Waals surface area contributed by atoms with Crippen molar-refractivity contribution < 1.29 is 0 Å². The highest BCUT2D eigenvalue weighted by Crippen LogP contribution is 2.23. The zero-order chi connectivity index (χ0) is 17.1. The summed E-state index contributed by atoms with van der Waals surface area (Å²) >= 11 is 0. The van der Waals surface area contributed by atoms with Crippen molar-refractivity contribution in [2.24, 2.45) is 13.0 Å². The zero-order valence-electron chi connectivity index (χ0n) is 14.7. The molecule has 0 bridgehead atoms. The van der Waals surface area contributed by atoms with Gasteiger partial charge in [-0.1, -0.05) is 30.3 Å². The Morgan fingerprint density at radius 3 is 2.92 bits per heavy atom. The summed E-state index contributed by atoms with van der Waals surface area (Å²) in [5.74, 6) is 1.88. The van der Waals surface area contributed by atoms with E-state index in [0.29, 0.717) is 5.92 Å². The molecule has 0 saturated carbocycles. The highest BCUT2D eigenvalue weighted by atomic mass is 15.2. The van der Waals surface area contributed by atoms with Crippen LogP contribution in [0.25, 0.3) is 11.3 Å². The highest BCUT2D eigenvalue weighted by Gasteiger charge is 2.22. The van der Waals surface area contributed by atoms with E-state index in [4.69, 9.17) is 0 Å². The molecule has 0 amide bonds. The molecule has 1 N–H and O–H groups in total. The van der Waals surface area contributed by atoms with Crippen molar-refractivity contribution in [1.29, 1.82) is 0 Å². The van der Waals surface area contributed by atoms with E-state index in [-0.39, 0.29) is 0 Å². The van der Waals surface area contributed by atoms with Crippen LogP contribution in [0.3, 0.4) is 0 Å². The first-order valence-electron chi connectivity index (χ1n) is 9.06. The summed E-state index contributed by atoms with van der Waals surface area (Å²) < 4.78 is 2.14. The third-order valence-corrected chi connectivity index (χ3v) is 5.09. The first-order chi connectivity index (χ1) is 12.3. The average molecular weight is 335 g/mol. The van der Waals surface area contributed by atoms with E-state index in [1.54, 1.807) is 0 Å². The van der Waals surface area contributed by atoms with Crippen molar-refractivity contribution in [3.05, 3.63) is 60.3 Å². The van der Waals surface area contributed by atoms with E-state index < -0.39 is 0 Å². The molecule has 2 aromatic heterocycles. The molecule has 0 aliphatic carbocycles. The molecule has 1 atom stereocenters. The molecule has 1 aliphatic heterocycles. The van der Waals surface area contributed by atoms with Gasteiger partial charge in [0.2, 0.25) is 0 Å². The van der Waals surface area contributed by atoms with Crippen molar-refractivity contribution in [2.75, 3.05) is 13.1 Å². The topological polar surface area (TPSA) is 49.7 Å². The molecule has 1 aliphatic rings. The summed E-state index contributed by atoms with van der Waals surface area (Å²) in [6, 6.07) is 12.5. The van der Waals surface area contributed by atoms with Gasteiger partial charge in [-0.2, -0.15) is 5.10 Å². The lowest BCUT2D eigenvalue weighted by Crippen LogP contribution is -2.36. The molecule has 1 fully saturated rings. The number of aryl methyl sites for hydroxylation is 1. The molecule has 5 heteroatoms. The van der Waals surface area contributed by atoms with Gasteiger partial charge in [0.05, 0.1) is 5.69 Å². The third-order valence-electron chi connectivity index (χ3n) is 5.09. The lowest BCUT2D eigenvalue weighted by molar-refractivity contribution is 0.163. The first-order valence-corrected chi connectivity index (χ1v) is 9.06. The SMILES string of the molecule is Cn1ccnc1CC1CCCN(Cc2cc(-c3ccccc3)n[nH]2)C1. The maximum atomic E-state index is 4.48. The molecular formula is C20H25N5. The maximum Gasteiger partial charge on any atom is 0.108 e. The molecule has 0 radical (unpaired) electrons. The number of nitrogens with zero attached hydrogens (tertiary/aromatic N) is 4. The van der Waals surface area contributed by atoms with Gasteiger partial charge in [-0.05, 0) is 31.4 Å². The third kappa shape index (κ3) is 3.82. The van der Waals surface area contributed by atoms with Crippen LogP contribution in [0, 0.1) is 5.92 Å². The van der Waals surface area contributed by atoms with Gasteiger partial charge in [0, 0.05) is 50.2 Å². The summed E-state index contributed by atoms with van der Waals surface area (Å²) in [7, 11) is 2.08. The van der Waals surface area contributed by atoms with E-state index in [1.165, 1.54) is 24.4 Å². The van der Waals surface area contributed by atoms with Crippen LogP contribution in [0.15, 0.2) is 48.8 Å². The largest absolute Gasteiger partial charge is 0.338 e. The summed E-state index contributed by atoms with van der Waals surface area (Å²) in [4.78, 5) is 7.03. The van der Waals surface area contributed by atoms with Crippen LogP contribution in [0.2, 0.25) is 0 Å². The quantitative estimate of drug-likeness (QED) is 0.778. The number of piperidine rings is 1. The van der Waals surface area contributed by atoms with E-state index in [1.807, 2.05) is 18.5 Å². The molecule has 1 aromatic carbocycles. The van der Waals surface area contributed by atoms with Crippen LogP contribution in [0.1, 0.15) is 24.4 Å².